The van der Waals surface area contributed by atoms with E-state index in [0.29, 0.717) is 6.54 Å². The lowest BCUT2D eigenvalue weighted by atomic mass is 10.1. The standard InChI is InChI=1S/C16H15N/c1-14(16-10-6-3-7-11-16)12-17-13-15-8-4-2-5-9-15/h2-11,13H,1,12H2. The van der Waals surface area contributed by atoms with Gasteiger partial charge in [-0.2, -0.15) is 0 Å². The van der Waals surface area contributed by atoms with Crippen molar-refractivity contribution in [3.63, 3.8) is 0 Å². The molecule has 1 nitrogen and oxygen atoms in total. The quantitative estimate of drug-likeness (QED) is 0.696. The van der Waals surface area contributed by atoms with Crippen molar-refractivity contribution >= 4 is 11.8 Å². The van der Waals surface area contributed by atoms with Gasteiger partial charge in [0, 0.05) is 6.21 Å². The van der Waals surface area contributed by atoms with Crippen molar-refractivity contribution in [1.82, 2.24) is 0 Å². The Morgan fingerprint density at radius 2 is 1.53 bits per heavy atom. The third kappa shape index (κ3) is 3.42. The van der Waals surface area contributed by atoms with Gasteiger partial charge in [0.1, 0.15) is 0 Å². The molecule has 0 N–H and O–H groups in total. The molecule has 0 radical (unpaired) electrons. The van der Waals surface area contributed by atoms with Crippen LogP contribution >= 0.6 is 0 Å². The molecule has 0 saturated heterocycles. The second-order valence-corrected chi connectivity index (χ2v) is 3.85. The Morgan fingerprint density at radius 1 is 0.941 bits per heavy atom. The zero-order valence-corrected chi connectivity index (χ0v) is 9.71. The van der Waals surface area contributed by atoms with Crippen LogP contribution in [0, 0.1) is 0 Å². The molecule has 0 bridgehead atoms. The second-order valence-electron chi connectivity index (χ2n) is 3.85. The fraction of sp³-hybridized carbons (Fsp3) is 0.0625. The highest BCUT2D eigenvalue weighted by atomic mass is 14.7. The monoisotopic (exact) mass is 221 g/mol. The molecule has 0 atom stereocenters. The fourth-order valence-corrected chi connectivity index (χ4v) is 1.57. The Balaban J connectivity index is 1.95. The van der Waals surface area contributed by atoms with E-state index in [1.54, 1.807) is 0 Å². The zero-order valence-electron chi connectivity index (χ0n) is 9.71. The normalized spacial score (nSPS) is 10.6. The van der Waals surface area contributed by atoms with Gasteiger partial charge in [-0.1, -0.05) is 67.2 Å². The molecule has 0 aliphatic heterocycles. The number of rotatable bonds is 4. The second kappa shape index (κ2) is 5.80. The molecule has 1 heteroatoms. The highest BCUT2D eigenvalue weighted by Crippen LogP contribution is 2.11. The van der Waals surface area contributed by atoms with Gasteiger partial charge in [0.2, 0.25) is 0 Å². The molecule has 0 unspecified atom stereocenters. The third-order valence-corrected chi connectivity index (χ3v) is 2.50. The highest BCUT2D eigenvalue weighted by molar-refractivity contribution is 5.80. The summed E-state index contributed by atoms with van der Waals surface area (Å²) in [4.78, 5) is 4.39. The molecule has 0 spiro atoms. The molecule has 2 rings (SSSR count). The van der Waals surface area contributed by atoms with Gasteiger partial charge in [0.25, 0.3) is 0 Å². The number of nitrogens with zero attached hydrogens (tertiary/aromatic N) is 1. The van der Waals surface area contributed by atoms with E-state index in [0.717, 1.165) is 16.7 Å². The van der Waals surface area contributed by atoms with Gasteiger partial charge in [-0.3, -0.25) is 4.99 Å². The molecule has 84 valence electrons. The lowest BCUT2D eigenvalue weighted by Crippen LogP contribution is -1.88. The lowest BCUT2D eigenvalue weighted by Gasteiger charge is -2.01. The van der Waals surface area contributed by atoms with Gasteiger partial charge in [-0.05, 0) is 16.7 Å². The van der Waals surface area contributed by atoms with Crippen molar-refractivity contribution < 1.29 is 0 Å². The molecule has 0 fully saturated rings. The summed E-state index contributed by atoms with van der Waals surface area (Å²) in [6, 6.07) is 20.2. The summed E-state index contributed by atoms with van der Waals surface area (Å²) in [7, 11) is 0. The SMILES string of the molecule is C=C(CN=Cc1ccccc1)c1ccccc1. The average molecular weight is 221 g/mol. The van der Waals surface area contributed by atoms with Gasteiger partial charge in [-0.25, -0.2) is 0 Å². The van der Waals surface area contributed by atoms with Gasteiger partial charge >= 0.3 is 0 Å². The largest absolute Gasteiger partial charge is 0.288 e. The van der Waals surface area contributed by atoms with Crippen molar-refractivity contribution in [2.24, 2.45) is 4.99 Å². The van der Waals surface area contributed by atoms with Gasteiger partial charge in [0.05, 0.1) is 6.54 Å². The smallest absolute Gasteiger partial charge is 0.0640 e. The summed E-state index contributed by atoms with van der Waals surface area (Å²) >= 11 is 0. The minimum absolute atomic E-state index is 0.638. The van der Waals surface area contributed by atoms with Crippen LogP contribution in [0.25, 0.3) is 5.57 Å². The van der Waals surface area contributed by atoms with Crippen molar-refractivity contribution in [3.05, 3.63) is 78.4 Å². The molecular weight excluding hydrogens is 206 g/mol. The van der Waals surface area contributed by atoms with E-state index in [1.165, 1.54) is 0 Å². The summed E-state index contributed by atoms with van der Waals surface area (Å²) in [6.45, 7) is 4.68. The Kier molecular flexibility index (Phi) is 3.87. The lowest BCUT2D eigenvalue weighted by molar-refractivity contribution is 1.27. The molecule has 0 saturated carbocycles. The fourth-order valence-electron chi connectivity index (χ4n) is 1.57. The zero-order chi connectivity index (χ0) is 11.9. The topological polar surface area (TPSA) is 12.4 Å². The average Bonchev–Trinajstić information content (AvgIpc) is 2.41. The summed E-state index contributed by atoms with van der Waals surface area (Å²) in [5.74, 6) is 0. The molecule has 2 aromatic carbocycles. The number of hydrogen-bond acceptors (Lipinski definition) is 1. The maximum atomic E-state index is 4.39. The first kappa shape index (κ1) is 11.3. The molecule has 0 aliphatic rings. The number of hydrogen-bond donors (Lipinski definition) is 0. The van der Waals surface area contributed by atoms with E-state index < -0.39 is 0 Å². The van der Waals surface area contributed by atoms with Crippen LogP contribution in [-0.2, 0) is 0 Å². The Bertz CT molecular complexity index is 498. The van der Waals surface area contributed by atoms with Crippen LogP contribution in [0.5, 0.6) is 0 Å². The minimum Gasteiger partial charge on any atom is -0.288 e. The van der Waals surface area contributed by atoms with Crippen molar-refractivity contribution in [1.29, 1.82) is 0 Å². The van der Waals surface area contributed by atoms with Crippen molar-refractivity contribution in [3.8, 4) is 0 Å². The van der Waals surface area contributed by atoms with Crippen molar-refractivity contribution in [2.45, 2.75) is 0 Å². The van der Waals surface area contributed by atoms with Crippen LogP contribution < -0.4 is 0 Å². The number of benzene rings is 2. The van der Waals surface area contributed by atoms with Gasteiger partial charge < -0.3 is 0 Å². The van der Waals surface area contributed by atoms with Gasteiger partial charge in [0.15, 0.2) is 0 Å². The van der Waals surface area contributed by atoms with Crippen LogP contribution in [0.1, 0.15) is 11.1 Å². The maximum Gasteiger partial charge on any atom is 0.0640 e. The summed E-state index contributed by atoms with van der Waals surface area (Å²) in [6.07, 6.45) is 1.88. The highest BCUT2D eigenvalue weighted by Gasteiger charge is 1.95. The first-order valence-corrected chi connectivity index (χ1v) is 5.64. The summed E-state index contributed by atoms with van der Waals surface area (Å²) in [5, 5.41) is 0. The predicted octanol–water partition coefficient (Wildman–Crippen LogP) is 3.82. The van der Waals surface area contributed by atoms with E-state index in [2.05, 4.69) is 23.7 Å². The number of aliphatic imine (C=N–C) groups is 1. The minimum atomic E-state index is 0.638. The van der Waals surface area contributed by atoms with Crippen molar-refractivity contribution in [2.75, 3.05) is 6.54 Å². The Morgan fingerprint density at radius 3 is 2.18 bits per heavy atom. The predicted molar refractivity (Wildman–Crippen MR) is 74.4 cm³/mol. The van der Waals surface area contributed by atoms with Crippen LogP contribution in [0.15, 0.2) is 72.2 Å². The van der Waals surface area contributed by atoms with E-state index in [-0.39, 0.29) is 0 Å². The molecule has 17 heavy (non-hydrogen) atoms. The van der Waals surface area contributed by atoms with Crippen LogP contribution in [-0.4, -0.2) is 12.8 Å². The third-order valence-electron chi connectivity index (χ3n) is 2.50. The molecule has 0 aromatic heterocycles. The first-order valence-electron chi connectivity index (χ1n) is 5.64. The van der Waals surface area contributed by atoms with E-state index in [1.807, 2.05) is 54.7 Å². The molecule has 0 amide bonds. The molecule has 2 aromatic rings. The van der Waals surface area contributed by atoms with Crippen LogP contribution in [0.4, 0.5) is 0 Å². The van der Waals surface area contributed by atoms with E-state index in [4.69, 9.17) is 0 Å². The first-order chi connectivity index (χ1) is 8.36. The molecule has 0 aliphatic carbocycles. The van der Waals surface area contributed by atoms with Crippen LogP contribution in [0.2, 0.25) is 0 Å². The molecular formula is C16H15N. The summed E-state index contributed by atoms with van der Waals surface area (Å²) in [5.41, 5.74) is 3.31. The van der Waals surface area contributed by atoms with E-state index in [9.17, 15) is 0 Å². The molecule has 0 heterocycles. The van der Waals surface area contributed by atoms with Crippen LogP contribution in [0.3, 0.4) is 0 Å². The summed E-state index contributed by atoms with van der Waals surface area (Å²) < 4.78 is 0. The van der Waals surface area contributed by atoms with Gasteiger partial charge in [-0.15, -0.1) is 0 Å². The maximum absolute atomic E-state index is 4.39. The Labute approximate surface area is 102 Å². The Hall–Kier alpha value is -2.15. The van der Waals surface area contributed by atoms with E-state index >= 15 is 0 Å².